The normalized spacial score (nSPS) is 15.1. The van der Waals surface area contributed by atoms with Crippen molar-refractivity contribution in [2.24, 2.45) is 7.05 Å². The second-order valence-corrected chi connectivity index (χ2v) is 12.1. The molecule has 0 bridgehead atoms. The van der Waals surface area contributed by atoms with Gasteiger partial charge in [-0.1, -0.05) is 17.7 Å². The lowest BCUT2D eigenvalue weighted by Crippen LogP contribution is -2.42. The highest BCUT2D eigenvalue weighted by Crippen LogP contribution is 2.42. The largest absolute Gasteiger partial charge is 0.495 e. The molecule has 5 rings (SSSR count). The molecule has 0 aliphatic carbocycles. The summed E-state index contributed by atoms with van der Waals surface area (Å²) in [5, 5.41) is 0.335. The number of amides is 1. The van der Waals surface area contributed by atoms with Crippen molar-refractivity contribution in [3.8, 4) is 33.7 Å². The zero-order chi connectivity index (χ0) is 31.1. The number of nitrogens with zero attached hydrogens (tertiary/aromatic N) is 5. The van der Waals surface area contributed by atoms with Crippen molar-refractivity contribution in [1.29, 1.82) is 0 Å². The van der Waals surface area contributed by atoms with Crippen LogP contribution in [0.3, 0.4) is 0 Å². The van der Waals surface area contributed by atoms with E-state index in [1.54, 1.807) is 62.0 Å². The minimum Gasteiger partial charge on any atom is -0.495 e. The van der Waals surface area contributed by atoms with Gasteiger partial charge in [0, 0.05) is 62.5 Å². The Morgan fingerprint density at radius 3 is 2.44 bits per heavy atom. The molecule has 1 fully saturated rings. The van der Waals surface area contributed by atoms with E-state index in [9.17, 15) is 9.59 Å². The summed E-state index contributed by atoms with van der Waals surface area (Å²) in [4.78, 5) is 33.3. The highest BCUT2D eigenvalue weighted by Gasteiger charge is 2.31. The maximum atomic E-state index is 15.1. The van der Waals surface area contributed by atoms with Gasteiger partial charge < -0.3 is 23.8 Å². The van der Waals surface area contributed by atoms with Gasteiger partial charge in [0.25, 0.3) is 0 Å². The van der Waals surface area contributed by atoms with Gasteiger partial charge in [0.1, 0.15) is 17.2 Å². The van der Waals surface area contributed by atoms with Gasteiger partial charge in [0.05, 0.1) is 35.7 Å². The summed E-state index contributed by atoms with van der Waals surface area (Å²) in [6, 6.07) is 9.95. The fourth-order valence-corrected chi connectivity index (χ4v) is 5.55. The third kappa shape index (κ3) is 6.24. The molecule has 226 valence electrons. The number of rotatable bonds is 6. The van der Waals surface area contributed by atoms with E-state index in [0.717, 1.165) is 18.7 Å². The van der Waals surface area contributed by atoms with Crippen LogP contribution in [-0.4, -0.2) is 64.0 Å². The van der Waals surface area contributed by atoms with Crippen LogP contribution >= 0.6 is 11.6 Å². The first-order chi connectivity index (χ1) is 20.4. The molecule has 1 aliphatic rings. The van der Waals surface area contributed by atoms with Crippen molar-refractivity contribution >= 4 is 23.4 Å². The minimum absolute atomic E-state index is 0.0201. The molecule has 1 saturated heterocycles. The molecule has 0 radical (unpaired) electrons. The lowest BCUT2D eigenvalue weighted by Gasteiger charge is -2.28. The Bertz CT molecular complexity index is 1730. The molecule has 0 unspecified atom stereocenters. The number of carbonyl (C=O) groups excluding carboxylic acids is 1. The Morgan fingerprint density at radius 1 is 1.09 bits per heavy atom. The van der Waals surface area contributed by atoms with Crippen LogP contribution in [0, 0.1) is 5.82 Å². The van der Waals surface area contributed by atoms with Crippen LogP contribution in [-0.2, 0) is 11.8 Å². The maximum Gasteiger partial charge on any atom is 0.410 e. The molecule has 11 heteroatoms. The van der Waals surface area contributed by atoms with E-state index in [4.69, 9.17) is 21.1 Å². The molecule has 4 aromatic rings. The summed E-state index contributed by atoms with van der Waals surface area (Å²) < 4.78 is 29.4. The SMILES string of the molecule is COc1c(-c2cncc(N3CC[C@H](N(C)C(=O)OC(C)(C)C)C3)c2)cc(F)cc1-c1ccc(-n2ccn(C)c2=O)c(Cl)c1. The molecular formula is C32H35ClFN5O4. The number of methoxy groups -OCH3 is 1. The predicted octanol–water partition coefficient (Wildman–Crippen LogP) is 6.15. The lowest BCUT2D eigenvalue weighted by atomic mass is 9.97. The van der Waals surface area contributed by atoms with Crippen LogP contribution < -0.4 is 15.3 Å². The number of likely N-dealkylation sites (N-methyl/N-ethyl adjacent to an activating group) is 1. The van der Waals surface area contributed by atoms with Crippen molar-refractivity contribution in [3.63, 3.8) is 0 Å². The Labute approximate surface area is 255 Å². The third-order valence-corrected chi connectivity index (χ3v) is 7.82. The smallest absolute Gasteiger partial charge is 0.410 e. The molecule has 43 heavy (non-hydrogen) atoms. The number of pyridine rings is 1. The molecular weight excluding hydrogens is 573 g/mol. The quantitative estimate of drug-likeness (QED) is 0.261. The Morgan fingerprint density at radius 2 is 1.81 bits per heavy atom. The number of hydrogen-bond acceptors (Lipinski definition) is 6. The van der Waals surface area contributed by atoms with Crippen LogP contribution in [0.1, 0.15) is 27.2 Å². The number of aryl methyl sites for hydroxylation is 1. The highest BCUT2D eigenvalue weighted by atomic mass is 35.5. The van der Waals surface area contributed by atoms with E-state index < -0.39 is 11.4 Å². The number of halogens is 2. The standard InChI is InChI=1S/C32H35ClFN5O4/c1-32(2,3)43-31(41)37(5)23-9-10-38(19-23)24-13-21(17-35-18-24)26-16-22(34)15-25(29(26)42-6)20-7-8-28(27(33)14-20)39-12-11-36(4)30(39)40/h7-8,11-18,23H,9-10,19H2,1-6H3/t23-/m0/s1. The molecule has 3 heterocycles. The third-order valence-electron chi connectivity index (χ3n) is 7.52. The van der Waals surface area contributed by atoms with Crippen molar-refractivity contribution < 1.29 is 18.7 Å². The fraction of sp³-hybridized carbons (Fsp3) is 0.344. The van der Waals surface area contributed by atoms with Crippen LogP contribution in [0.4, 0.5) is 14.9 Å². The number of anilines is 1. The number of aromatic nitrogens is 3. The molecule has 0 saturated carbocycles. The summed E-state index contributed by atoms with van der Waals surface area (Å²) in [6.07, 6.45) is 7.14. The number of benzene rings is 2. The van der Waals surface area contributed by atoms with Crippen LogP contribution in [0.25, 0.3) is 27.9 Å². The Hall–Kier alpha value is -4.31. The summed E-state index contributed by atoms with van der Waals surface area (Å²) in [6.45, 7) is 6.88. The van der Waals surface area contributed by atoms with Gasteiger partial charge in [0.2, 0.25) is 0 Å². The highest BCUT2D eigenvalue weighted by molar-refractivity contribution is 6.32. The van der Waals surface area contributed by atoms with E-state index in [1.807, 2.05) is 26.8 Å². The molecule has 2 aromatic heterocycles. The Balaban J connectivity index is 1.44. The number of hydrogen-bond donors (Lipinski definition) is 0. The molecule has 0 spiro atoms. The second-order valence-electron chi connectivity index (χ2n) is 11.7. The number of ether oxygens (including phenoxy) is 2. The average Bonchev–Trinajstić information content (AvgIpc) is 3.58. The second kappa shape index (κ2) is 11.8. The van der Waals surface area contributed by atoms with E-state index in [2.05, 4.69) is 9.88 Å². The molecule has 1 amide bonds. The van der Waals surface area contributed by atoms with Gasteiger partial charge >= 0.3 is 11.8 Å². The van der Waals surface area contributed by atoms with Gasteiger partial charge in [-0.2, -0.15) is 0 Å². The maximum absolute atomic E-state index is 15.1. The van der Waals surface area contributed by atoms with Gasteiger partial charge in [-0.05, 0) is 63.1 Å². The van der Waals surface area contributed by atoms with Gasteiger partial charge in [0.15, 0.2) is 0 Å². The van der Waals surface area contributed by atoms with Crippen LogP contribution in [0.2, 0.25) is 5.02 Å². The molecule has 2 aromatic carbocycles. The predicted molar refractivity (Wildman–Crippen MR) is 166 cm³/mol. The summed E-state index contributed by atoms with van der Waals surface area (Å²) in [5.41, 5.74) is 2.93. The zero-order valence-corrected chi connectivity index (χ0v) is 25.9. The van der Waals surface area contributed by atoms with E-state index in [-0.39, 0.29) is 17.8 Å². The van der Waals surface area contributed by atoms with E-state index in [0.29, 0.717) is 45.3 Å². The van der Waals surface area contributed by atoms with Gasteiger partial charge in [-0.25, -0.2) is 14.0 Å². The van der Waals surface area contributed by atoms with Crippen molar-refractivity contribution in [2.75, 3.05) is 32.1 Å². The fourth-order valence-electron chi connectivity index (χ4n) is 5.28. The molecule has 9 nitrogen and oxygen atoms in total. The number of carbonyl (C=O) groups is 1. The first-order valence-corrected chi connectivity index (χ1v) is 14.3. The van der Waals surface area contributed by atoms with Crippen molar-refractivity contribution in [3.05, 3.63) is 82.5 Å². The molecule has 1 aliphatic heterocycles. The van der Waals surface area contributed by atoms with Gasteiger partial charge in [-0.15, -0.1) is 0 Å². The summed E-state index contributed by atoms with van der Waals surface area (Å²) in [5.74, 6) is 0.0147. The number of imidazole rings is 1. The monoisotopic (exact) mass is 607 g/mol. The average molecular weight is 608 g/mol. The lowest BCUT2D eigenvalue weighted by molar-refractivity contribution is 0.0238. The van der Waals surface area contributed by atoms with E-state index >= 15 is 4.39 Å². The van der Waals surface area contributed by atoms with Gasteiger partial charge in [-0.3, -0.25) is 9.55 Å². The molecule has 1 atom stereocenters. The first kappa shape index (κ1) is 30.2. The first-order valence-electron chi connectivity index (χ1n) is 13.9. The Kier molecular flexibility index (Phi) is 8.25. The summed E-state index contributed by atoms with van der Waals surface area (Å²) in [7, 11) is 4.95. The van der Waals surface area contributed by atoms with E-state index in [1.165, 1.54) is 28.4 Å². The van der Waals surface area contributed by atoms with Crippen LogP contribution in [0.5, 0.6) is 5.75 Å². The molecule has 0 N–H and O–H groups in total. The summed E-state index contributed by atoms with van der Waals surface area (Å²) >= 11 is 6.61. The minimum atomic E-state index is -0.570. The van der Waals surface area contributed by atoms with Crippen molar-refractivity contribution in [2.45, 2.75) is 38.8 Å². The van der Waals surface area contributed by atoms with Crippen LogP contribution in [0.15, 0.2) is 66.0 Å². The van der Waals surface area contributed by atoms with Crippen molar-refractivity contribution in [1.82, 2.24) is 19.0 Å². The topological polar surface area (TPSA) is 81.8 Å². The zero-order valence-electron chi connectivity index (χ0n) is 25.1.